The van der Waals surface area contributed by atoms with Crippen LogP contribution >= 0.6 is 0 Å². The first kappa shape index (κ1) is 20.4. The number of aromatic amines is 1. The van der Waals surface area contributed by atoms with Gasteiger partial charge in [-0.2, -0.15) is 5.10 Å². The van der Waals surface area contributed by atoms with Gasteiger partial charge >= 0.3 is 0 Å². The van der Waals surface area contributed by atoms with E-state index in [0.29, 0.717) is 48.6 Å². The van der Waals surface area contributed by atoms with Gasteiger partial charge in [-0.15, -0.1) is 0 Å². The molecule has 3 aromatic rings. The lowest BCUT2D eigenvalue weighted by molar-refractivity contribution is -0.0246. The Balaban J connectivity index is 1.30. The Morgan fingerprint density at radius 1 is 1.22 bits per heavy atom. The number of nitrogens with zero attached hydrogens (tertiary/aromatic N) is 2. The van der Waals surface area contributed by atoms with Crippen LogP contribution in [0.5, 0.6) is 11.5 Å². The number of rotatable bonds is 3. The molecule has 0 bridgehead atoms. The molecule has 8 heteroatoms. The number of likely N-dealkylation sites (tertiary alicyclic amines) is 1. The number of ether oxygens (including phenoxy) is 2. The molecule has 1 spiro atoms. The minimum absolute atomic E-state index is 0.0202. The van der Waals surface area contributed by atoms with E-state index in [2.05, 4.69) is 15.5 Å². The van der Waals surface area contributed by atoms with Crippen molar-refractivity contribution >= 4 is 22.7 Å². The zero-order valence-electron chi connectivity index (χ0n) is 18.4. The number of aryl methyl sites for hydroxylation is 1. The number of carbonyl (C=O) groups is 2. The molecule has 5 rings (SSSR count). The molecule has 2 aliphatic heterocycles. The van der Waals surface area contributed by atoms with Gasteiger partial charge in [0.2, 0.25) is 0 Å². The van der Waals surface area contributed by atoms with Gasteiger partial charge in [0.15, 0.2) is 5.72 Å². The van der Waals surface area contributed by atoms with Gasteiger partial charge in [-0.3, -0.25) is 14.7 Å². The second-order valence-corrected chi connectivity index (χ2v) is 8.79. The second kappa shape index (κ2) is 7.55. The van der Waals surface area contributed by atoms with E-state index in [1.165, 1.54) is 0 Å². The van der Waals surface area contributed by atoms with Gasteiger partial charge in [0.05, 0.1) is 23.4 Å². The van der Waals surface area contributed by atoms with Crippen LogP contribution in [0.25, 0.3) is 10.9 Å². The Morgan fingerprint density at radius 3 is 2.75 bits per heavy atom. The Hall–Kier alpha value is -3.55. The minimum atomic E-state index is -0.800. The topological polar surface area (TPSA) is 96.6 Å². The minimum Gasteiger partial charge on any atom is -0.491 e. The number of hydrogen-bond donors (Lipinski definition) is 2. The van der Waals surface area contributed by atoms with Crippen LogP contribution < -0.4 is 14.8 Å². The van der Waals surface area contributed by atoms with Crippen LogP contribution in [0, 0.1) is 6.92 Å². The van der Waals surface area contributed by atoms with Crippen LogP contribution in [0.3, 0.4) is 0 Å². The Kier molecular flexibility index (Phi) is 4.80. The summed E-state index contributed by atoms with van der Waals surface area (Å²) in [5.41, 5.74) is 2.24. The van der Waals surface area contributed by atoms with Crippen LogP contribution in [0.4, 0.5) is 0 Å². The fraction of sp³-hybridized carbons (Fsp3) is 0.375. The van der Waals surface area contributed by atoms with Crippen molar-refractivity contribution in [3.05, 3.63) is 53.2 Å². The van der Waals surface area contributed by atoms with Crippen molar-refractivity contribution < 1.29 is 19.1 Å². The third kappa shape index (κ3) is 3.55. The predicted octanol–water partition coefficient (Wildman–Crippen LogP) is 3.41. The van der Waals surface area contributed by atoms with Crippen LogP contribution in [0.15, 0.2) is 36.5 Å². The molecule has 1 saturated heterocycles. The number of nitrogens with one attached hydrogen (secondary N) is 2. The molecule has 2 N–H and O–H groups in total. The summed E-state index contributed by atoms with van der Waals surface area (Å²) in [6.07, 6.45) is 2.78. The van der Waals surface area contributed by atoms with Crippen molar-refractivity contribution in [2.75, 3.05) is 13.1 Å². The van der Waals surface area contributed by atoms with Gasteiger partial charge in [-0.1, -0.05) is 0 Å². The maximum atomic E-state index is 13.1. The molecular weight excluding hydrogens is 408 g/mol. The van der Waals surface area contributed by atoms with Gasteiger partial charge in [-0.05, 0) is 56.7 Å². The zero-order chi connectivity index (χ0) is 22.5. The number of aromatic nitrogens is 2. The van der Waals surface area contributed by atoms with Crippen molar-refractivity contribution in [2.45, 2.75) is 45.4 Å². The van der Waals surface area contributed by atoms with Gasteiger partial charge in [0.1, 0.15) is 11.5 Å². The smallest absolute Gasteiger partial charge is 0.258 e. The molecular formula is C24H26N4O4. The average Bonchev–Trinajstić information content (AvgIpc) is 3.23. The van der Waals surface area contributed by atoms with E-state index < -0.39 is 5.72 Å². The first-order valence-electron chi connectivity index (χ1n) is 10.9. The first-order chi connectivity index (χ1) is 15.3. The van der Waals surface area contributed by atoms with E-state index in [4.69, 9.17) is 9.47 Å². The SMILES string of the molecule is Cc1cc(C(=O)N2CCC3(CC2)NC(=O)c2cc(OC(C)C)ccc2O3)cc2cn[nH]c12. The molecule has 0 saturated carbocycles. The van der Waals surface area contributed by atoms with Crippen molar-refractivity contribution in [2.24, 2.45) is 0 Å². The fourth-order valence-corrected chi connectivity index (χ4v) is 4.47. The normalized spacial score (nSPS) is 17.2. The second-order valence-electron chi connectivity index (χ2n) is 8.79. The molecule has 0 atom stereocenters. The number of H-pyrrole nitrogens is 1. The number of fused-ring (bicyclic) bond motifs is 2. The highest BCUT2D eigenvalue weighted by Crippen LogP contribution is 2.36. The Morgan fingerprint density at radius 2 is 2.00 bits per heavy atom. The van der Waals surface area contributed by atoms with Gasteiger partial charge in [0.25, 0.3) is 11.8 Å². The van der Waals surface area contributed by atoms with Crippen molar-refractivity contribution in [1.29, 1.82) is 0 Å². The maximum absolute atomic E-state index is 13.1. The van der Waals surface area contributed by atoms with Crippen molar-refractivity contribution in [1.82, 2.24) is 20.4 Å². The highest BCUT2D eigenvalue weighted by molar-refractivity contribution is 6.00. The third-order valence-electron chi connectivity index (χ3n) is 6.07. The van der Waals surface area contributed by atoms with E-state index in [9.17, 15) is 9.59 Å². The highest BCUT2D eigenvalue weighted by atomic mass is 16.5. The maximum Gasteiger partial charge on any atom is 0.258 e. The number of carbonyl (C=O) groups excluding carboxylic acids is 2. The molecule has 1 fully saturated rings. The molecule has 2 amide bonds. The lowest BCUT2D eigenvalue weighted by Gasteiger charge is -2.44. The third-order valence-corrected chi connectivity index (χ3v) is 6.07. The van der Waals surface area contributed by atoms with Gasteiger partial charge in [0, 0.05) is 36.9 Å². The standard InChI is InChI=1S/C24H26N4O4/c1-14(2)31-18-4-5-20-19(12-18)22(29)26-24(32-20)6-8-28(9-7-24)23(30)16-10-15(3)21-17(11-16)13-25-27-21/h4-5,10-14H,6-9H2,1-3H3,(H,25,27)(H,26,29). The fourth-order valence-electron chi connectivity index (χ4n) is 4.47. The van der Waals surface area contributed by atoms with Crippen LogP contribution in [-0.4, -0.2) is 51.8 Å². The van der Waals surface area contributed by atoms with Crippen LogP contribution in [-0.2, 0) is 0 Å². The van der Waals surface area contributed by atoms with Crippen LogP contribution in [0.1, 0.15) is 53.0 Å². The lowest BCUT2D eigenvalue weighted by atomic mass is 9.96. The van der Waals surface area contributed by atoms with Crippen molar-refractivity contribution in [3.63, 3.8) is 0 Å². The first-order valence-corrected chi connectivity index (χ1v) is 10.9. The molecule has 2 aliphatic rings. The van der Waals surface area contributed by atoms with Crippen LogP contribution in [0.2, 0.25) is 0 Å². The largest absolute Gasteiger partial charge is 0.491 e. The average molecular weight is 434 g/mol. The summed E-state index contributed by atoms with van der Waals surface area (Å²) in [6.45, 7) is 6.82. The number of piperidine rings is 1. The van der Waals surface area contributed by atoms with E-state index in [1.807, 2.05) is 43.9 Å². The summed E-state index contributed by atoms with van der Waals surface area (Å²) in [7, 11) is 0. The highest BCUT2D eigenvalue weighted by Gasteiger charge is 2.43. The van der Waals surface area contributed by atoms with Crippen molar-refractivity contribution in [3.8, 4) is 11.5 Å². The van der Waals surface area contributed by atoms with E-state index in [0.717, 1.165) is 16.5 Å². The molecule has 8 nitrogen and oxygen atoms in total. The number of hydrogen-bond acceptors (Lipinski definition) is 5. The molecule has 166 valence electrons. The Bertz CT molecular complexity index is 1210. The molecule has 0 radical (unpaired) electrons. The molecule has 0 aliphatic carbocycles. The zero-order valence-corrected chi connectivity index (χ0v) is 18.4. The summed E-state index contributed by atoms with van der Waals surface area (Å²) in [6, 6.07) is 9.07. The Labute approximate surface area is 185 Å². The summed E-state index contributed by atoms with van der Waals surface area (Å²) < 4.78 is 11.9. The summed E-state index contributed by atoms with van der Waals surface area (Å²) in [5, 5.41) is 11.0. The van der Waals surface area contributed by atoms with E-state index >= 15 is 0 Å². The quantitative estimate of drug-likeness (QED) is 0.659. The molecule has 3 heterocycles. The molecule has 0 unspecified atom stereocenters. The van der Waals surface area contributed by atoms with E-state index in [-0.39, 0.29) is 17.9 Å². The summed E-state index contributed by atoms with van der Waals surface area (Å²) in [4.78, 5) is 27.8. The predicted molar refractivity (Wildman–Crippen MR) is 119 cm³/mol. The molecule has 1 aromatic heterocycles. The van der Waals surface area contributed by atoms with Gasteiger partial charge < -0.3 is 19.7 Å². The lowest BCUT2D eigenvalue weighted by Crippen LogP contribution is -2.61. The summed E-state index contributed by atoms with van der Waals surface area (Å²) >= 11 is 0. The van der Waals surface area contributed by atoms with E-state index in [1.54, 1.807) is 18.3 Å². The monoisotopic (exact) mass is 434 g/mol. The summed E-state index contributed by atoms with van der Waals surface area (Å²) in [5.74, 6) is 0.981. The molecule has 2 aromatic carbocycles. The number of benzene rings is 2. The number of amides is 2. The molecule has 32 heavy (non-hydrogen) atoms. The van der Waals surface area contributed by atoms with Gasteiger partial charge in [-0.25, -0.2) is 0 Å².